The lowest BCUT2D eigenvalue weighted by Gasteiger charge is -2.16. The Balaban J connectivity index is 1.94. The molecule has 0 aromatic heterocycles. The van der Waals surface area contributed by atoms with Crippen LogP contribution >= 0.6 is 11.6 Å². The van der Waals surface area contributed by atoms with Gasteiger partial charge in [0, 0.05) is 17.6 Å². The zero-order chi connectivity index (χ0) is 15.2. The molecule has 0 saturated carbocycles. The predicted molar refractivity (Wildman–Crippen MR) is 91.7 cm³/mol. The minimum absolute atomic E-state index is 0.314. The fraction of sp³-hybridized carbons (Fsp3) is 0.368. The first-order valence-electron chi connectivity index (χ1n) is 7.62. The van der Waals surface area contributed by atoms with Crippen molar-refractivity contribution in [2.24, 2.45) is 5.92 Å². The van der Waals surface area contributed by atoms with Crippen molar-refractivity contribution in [3.05, 3.63) is 70.2 Å². The molecule has 1 N–H and O–H groups in total. The third-order valence-electron chi connectivity index (χ3n) is 3.68. The molecule has 2 aromatic carbocycles. The summed E-state index contributed by atoms with van der Waals surface area (Å²) in [5.74, 6) is 0.701. The second-order valence-corrected chi connectivity index (χ2v) is 6.44. The van der Waals surface area contributed by atoms with Crippen molar-refractivity contribution in [1.29, 1.82) is 0 Å². The number of halogens is 1. The van der Waals surface area contributed by atoms with Crippen molar-refractivity contribution in [3.8, 4) is 0 Å². The molecule has 0 bridgehead atoms. The van der Waals surface area contributed by atoms with Crippen molar-refractivity contribution < 1.29 is 0 Å². The van der Waals surface area contributed by atoms with Crippen LogP contribution in [0.1, 0.15) is 43.5 Å². The van der Waals surface area contributed by atoms with Gasteiger partial charge >= 0.3 is 0 Å². The van der Waals surface area contributed by atoms with Gasteiger partial charge in [-0.2, -0.15) is 0 Å². The Morgan fingerprint density at radius 3 is 2.24 bits per heavy atom. The average molecular weight is 302 g/mol. The zero-order valence-electron chi connectivity index (χ0n) is 13.1. The van der Waals surface area contributed by atoms with E-state index < -0.39 is 0 Å². The highest BCUT2D eigenvalue weighted by Crippen LogP contribution is 2.18. The third-order valence-corrected chi connectivity index (χ3v) is 4.05. The number of nitrogens with one attached hydrogen (secondary N) is 1. The third kappa shape index (κ3) is 4.87. The summed E-state index contributed by atoms with van der Waals surface area (Å²) < 4.78 is 0. The maximum absolute atomic E-state index is 6.18. The molecule has 0 heterocycles. The van der Waals surface area contributed by atoms with Gasteiger partial charge in [-0.05, 0) is 42.0 Å². The highest BCUT2D eigenvalue weighted by atomic mass is 35.5. The second kappa shape index (κ2) is 7.63. The fourth-order valence-electron chi connectivity index (χ4n) is 2.44. The molecular weight excluding hydrogens is 278 g/mol. The maximum atomic E-state index is 6.18. The van der Waals surface area contributed by atoms with Crippen molar-refractivity contribution in [3.63, 3.8) is 0 Å². The van der Waals surface area contributed by atoms with Gasteiger partial charge in [0.15, 0.2) is 0 Å². The van der Waals surface area contributed by atoms with Crippen LogP contribution in [0, 0.1) is 5.92 Å². The Hall–Kier alpha value is -1.31. The molecule has 0 saturated heterocycles. The van der Waals surface area contributed by atoms with E-state index in [9.17, 15) is 0 Å². The summed E-state index contributed by atoms with van der Waals surface area (Å²) in [6, 6.07) is 17.2. The van der Waals surface area contributed by atoms with Gasteiger partial charge in [0.05, 0.1) is 0 Å². The molecule has 2 heteroatoms. The molecule has 2 aromatic rings. The number of hydrogen-bond donors (Lipinski definition) is 1. The van der Waals surface area contributed by atoms with Gasteiger partial charge in [0.25, 0.3) is 0 Å². The summed E-state index contributed by atoms with van der Waals surface area (Å²) >= 11 is 6.18. The largest absolute Gasteiger partial charge is 0.306 e. The molecule has 2 rings (SSSR count). The molecule has 0 amide bonds. The molecule has 0 aliphatic heterocycles. The smallest absolute Gasteiger partial charge is 0.0450 e. The number of hydrogen-bond acceptors (Lipinski definition) is 1. The van der Waals surface area contributed by atoms with Gasteiger partial charge in [0.2, 0.25) is 0 Å². The Labute approximate surface area is 133 Å². The molecule has 0 aliphatic rings. The maximum Gasteiger partial charge on any atom is 0.0450 e. The fourth-order valence-corrected chi connectivity index (χ4v) is 2.64. The molecule has 0 aliphatic carbocycles. The van der Waals surface area contributed by atoms with Gasteiger partial charge in [-0.1, -0.05) is 67.9 Å². The van der Waals surface area contributed by atoms with E-state index in [1.807, 2.05) is 18.2 Å². The number of benzene rings is 2. The van der Waals surface area contributed by atoms with Crippen molar-refractivity contribution in [1.82, 2.24) is 5.32 Å². The minimum Gasteiger partial charge on any atom is -0.306 e. The van der Waals surface area contributed by atoms with E-state index in [0.717, 1.165) is 23.6 Å². The summed E-state index contributed by atoms with van der Waals surface area (Å²) in [7, 11) is 0. The first-order valence-corrected chi connectivity index (χ1v) is 7.99. The van der Waals surface area contributed by atoms with Gasteiger partial charge < -0.3 is 5.32 Å². The molecule has 1 unspecified atom stereocenters. The van der Waals surface area contributed by atoms with Crippen LogP contribution in [-0.4, -0.2) is 0 Å². The SMILES string of the molecule is CC(C)Cc1ccc(C(C)NCc2ccccc2Cl)cc1. The van der Waals surface area contributed by atoms with E-state index in [2.05, 4.69) is 56.4 Å². The lowest BCUT2D eigenvalue weighted by molar-refractivity contribution is 0.574. The van der Waals surface area contributed by atoms with Crippen LogP contribution in [0.5, 0.6) is 0 Å². The molecule has 1 atom stereocenters. The summed E-state index contributed by atoms with van der Waals surface area (Å²) in [4.78, 5) is 0. The minimum atomic E-state index is 0.314. The molecule has 1 nitrogen and oxygen atoms in total. The zero-order valence-corrected chi connectivity index (χ0v) is 13.8. The van der Waals surface area contributed by atoms with Crippen molar-refractivity contribution >= 4 is 11.6 Å². The summed E-state index contributed by atoms with van der Waals surface area (Å²) in [5.41, 5.74) is 3.86. The summed E-state index contributed by atoms with van der Waals surface area (Å²) in [6.45, 7) is 7.48. The van der Waals surface area contributed by atoms with E-state index in [0.29, 0.717) is 12.0 Å². The van der Waals surface area contributed by atoms with Gasteiger partial charge in [0.1, 0.15) is 0 Å². The average Bonchev–Trinajstić information content (AvgIpc) is 2.46. The number of rotatable bonds is 6. The van der Waals surface area contributed by atoms with E-state index in [4.69, 9.17) is 11.6 Å². The Bertz CT molecular complexity index is 560. The molecule has 112 valence electrons. The second-order valence-electron chi connectivity index (χ2n) is 6.03. The quantitative estimate of drug-likeness (QED) is 0.754. The van der Waals surface area contributed by atoms with E-state index in [1.54, 1.807) is 0 Å². The van der Waals surface area contributed by atoms with Crippen LogP contribution in [0.3, 0.4) is 0 Å². The summed E-state index contributed by atoms with van der Waals surface area (Å²) in [5, 5.41) is 4.36. The van der Waals surface area contributed by atoms with E-state index in [-0.39, 0.29) is 0 Å². The van der Waals surface area contributed by atoms with Crippen molar-refractivity contribution in [2.75, 3.05) is 0 Å². The molecule has 0 radical (unpaired) electrons. The van der Waals surface area contributed by atoms with Crippen LogP contribution in [-0.2, 0) is 13.0 Å². The highest BCUT2D eigenvalue weighted by Gasteiger charge is 2.06. The lowest BCUT2D eigenvalue weighted by atomic mass is 10.00. The molecule has 0 spiro atoms. The highest BCUT2D eigenvalue weighted by molar-refractivity contribution is 6.31. The van der Waals surface area contributed by atoms with E-state index >= 15 is 0 Å². The van der Waals surface area contributed by atoms with Crippen LogP contribution < -0.4 is 5.32 Å². The summed E-state index contributed by atoms with van der Waals surface area (Å²) in [6.07, 6.45) is 1.14. The van der Waals surface area contributed by atoms with Crippen LogP contribution in [0.25, 0.3) is 0 Å². The molecule has 21 heavy (non-hydrogen) atoms. The Kier molecular flexibility index (Phi) is 5.84. The first-order chi connectivity index (χ1) is 10.1. The van der Waals surface area contributed by atoms with Gasteiger partial charge in [-0.3, -0.25) is 0 Å². The Morgan fingerprint density at radius 2 is 1.62 bits per heavy atom. The predicted octanol–water partition coefficient (Wildman–Crippen LogP) is 5.39. The molecular formula is C19H24ClN. The lowest BCUT2D eigenvalue weighted by Crippen LogP contribution is -2.18. The van der Waals surface area contributed by atoms with Crippen molar-refractivity contribution in [2.45, 2.75) is 39.8 Å². The first kappa shape index (κ1) is 16.1. The van der Waals surface area contributed by atoms with Crippen LogP contribution in [0.15, 0.2) is 48.5 Å². The van der Waals surface area contributed by atoms with Crippen LogP contribution in [0.4, 0.5) is 0 Å². The van der Waals surface area contributed by atoms with Crippen LogP contribution in [0.2, 0.25) is 5.02 Å². The topological polar surface area (TPSA) is 12.0 Å². The van der Waals surface area contributed by atoms with E-state index in [1.165, 1.54) is 11.1 Å². The standard InChI is InChI=1S/C19H24ClN/c1-14(2)12-16-8-10-17(11-9-16)15(3)21-13-18-6-4-5-7-19(18)20/h4-11,14-15,21H,12-13H2,1-3H3. The van der Waals surface area contributed by atoms with Gasteiger partial charge in [-0.15, -0.1) is 0 Å². The monoisotopic (exact) mass is 301 g/mol. The molecule has 0 fully saturated rings. The Morgan fingerprint density at radius 1 is 0.952 bits per heavy atom. The van der Waals surface area contributed by atoms with Gasteiger partial charge in [-0.25, -0.2) is 0 Å². The normalized spacial score (nSPS) is 12.6.